The van der Waals surface area contributed by atoms with Crippen LogP contribution >= 0.6 is 0 Å². The first-order valence-electron chi connectivity index (χ1n) is 3.16. The molecule has 0 aromatic rings. The molecule has 0 amide bonds. The molecule has 0 heterocycles. The summed E-state index contributed by atoms with van der Waals surface area (Å²) in [7, 11) is -3.41. The minimum atomic E-state index is -3.41. The van der Waals surface area contributed by atoms with Gasteiger partial charge in [0.15, 0.2) is 0 Å². The summed E-state index contributed by atoms with van der Waals surface area (Å²) < 4.78 is 20.7. The summed E-state index contributed by atoms with van der Waals surface area (Å²) in [6, 6.07) is 0. The number of hydrogen-bond acceptors (Lipinski definition) is 2. The zero-order chi connectivity index (χ0) is 8.20. The zero-order valence-electron chi connectivity index (χ0n) is 6.24. The lowest BCUT2D eigenvalue weighted by atomic mass is 10.1. The molecule has 0 fully saturated rings. The van der Waals surface area contributed by atoms with Crippen molar-refractivity contribution < 1.29 is 8.42 Å². The van der Waals surface area contributed by atoms with E-state index >= 15 is 0 Å². The fraction of sp³-hybridized carbons (Fsp3) is 0.667. The molecule has 0 aromatic carbocycles. The third kappa shape index (κ3) is 5.78. The highest BCUT2D eigenvalue weighted by atomic mass is 32.2. The van der Waals surface area contributed by atoms with E-state index in [2.05, 4.69) is 0 Å². The summed E-state index contributed by atoms with van der Waals surface area (Å²) in [6.45, 7) is 3.92. The van der Waals surface area contributed by atoms with Crippen molar-refractivity contribution in [2.75, 3.05) is 0 Å². The van der Waals surface area contributed by atoms with E-state index < -0.39 is 10.0 Å². The molecule has 0 aliphatic heterocycles. The topological polar surface area (TPSA) is 60.2 Å². The Morgan fingerprint density at radius 1 is 1.60 bits per heavy atom. The van der Waals surface area contributed by atoms with Crippen LogP contribution in [0.1, 0.15) is 20.3 Å². The van der Waals surface area contributed by atoms with E-state index in [9.17, 15) is 8.42 Å². The van der Waals surface area contributed by atoms with Gasteiger partial charge in [0, 0.05) is 5.41 Å². The molecule has 0 rings (SSSR count). The van der Waals surface area contributed by atoms with E-state index in [1.54, 1.807) is 6.08 Å². The molecule has 10 heavy (non-hydrogen) atoms. The van der Waals surface area contributed by atoms with Gasteiger partial charge in [-0.2, -0.15) is 0 Å². The van der Waals surface area contributed by atoms with Crippen LogP contribution in [0.15, 0.2) is 11.5 Å². The van der Waals surface area contributed by atoms with Crippen LogP contribution in [0.25, 0.3) is 0 Å². The maximum atomic E-state index is 10.3. The Morgan fingerprint density at radius 2 is 2.10 bits per heavy atom. The Morgan fingerprint density at radius 3 is 2.40 bits per heavy atom. The Hall–Kier alpha value is -0.350. The molecule has 4 heteroatoms. The lowest BCUT2D eigenvalue weighted by Gasteiger charge is -1.97. The van der Waals surface area contributed by atoms with E-state index in [0.29, 0.717) is 0 Å². The molecule has 0 spiro atoms. The smallest absolute Gasteiger partial charge is 0.225 e. The van der Waals surface area contributed by atoms with Crippen LogP contribution in [-0.4, -0.2) is 8.42 Å². The predicted octanol–water partition coefficient (Wildman–Crippen LogP) is 0.835. The minimum Gasteiger partial charge on any atom is -0.225 e. The van der Waals surface area contributed by atoms with Crippen LogP contribution in [0.2, 0.25) is 0 Å². The molecule has 0 aliphatic carbocycles. The second-order valence-electron chi connectivity index (χ2n) is 2.30. The van der Waals surface area contributed by atoms with Gasteiger partial charge in [-0.3, -0.25) is 0 Å². The summed E-state index contributed by atoms with van der Waals surface area (Å²) in [5.41, 5.74) is 0. The van der Waals surface area contributed by atoms with Crippen LogP contribution in [0, 0.1) is 5.92 Å². The van der Waals surface area contributed by atoms with Crippen molar-refractivity contribution in [1.82, 2.24) is 0 Å². The van der Waals surface area contributed by atoms with Crippen LogP contribution < -0.4 is 5.14 Å². The molecule has 0 saturated heterocycles. The molecule has 0 aliphatic rings. The monoisotopic (exact) mass is 163 g/mol. The first-order valence-corrected chi connectivity index (χ1v) is 4.77. The van der Waals surface area contributed by atoms with Gasteiger partial charge in [0.05, 0.1) is 0 Å². The van der Waals surface area contributed by atoms with Crippen molar-refractivity contribution in [3.05, 3.63) is 11.5 Å². The maximum Gasteiger partial charge on any atom is 0.230 e. The molecular formula is C6H13NO2S. The third-order valence-corrected chi connectivity index (χ3v) is 1.78. The SMILES string of the molecule is CCC(C)C=CS(N)(=O)=O. The van der Waals surface area contributed by atoms with E-state index in [4.69, 9.17) is 5.14 Å². The molecule has 0 saturated carbocycles. The first-order chi connectivity index (χ1) is 4.45. The Labute approximate surface area is 62.0 Å². The molecule has 3 nitrogen and oxygen atoms in total. The normalized spacial score (nSPS) is 15.9. The van der Waals surface area contributed by atoms with Crippen LogP contribution in [0.5, 0.6) is 0 Å². The zero-order valence-corrected chi connectivity index (χ0v) is 7.06. The summed E-state index contributed by atoms with van der Waals surface area (Å²) in [4.78, 5) is 0. The minimum absolute atomic E-state index is 0.276. The fourth-order valence-corrected chi connectivity index (χ4v) is 0.867. The number of nitrogens with two attached hydrogens (primary N) is 1. The first kappa shape index (κ1) is 9.65. The van der Waals surface area contributed by atoms with E-state index in [0.717, 1.165) is 11.8 Å². The van der Waals surface area contributed by atoms with Gasteiger partial charge in [-0.05, 0) is 5.92 Å². The van der Waals surface area contributed by atoms with Crippen LogP contribution in [0.3, 0.4) is 0 Å². The lowest BCUT2D eigenvalue weighted by Crippen LogP contribution is -2.07. The van der Waals surface area contributed by atoms with Crippen LogP contribution in [0.4, 0.5) is 0 Å². The van der Waals surface area contributed by atoms with Crippen molar-refractivity contribution in [2.45, 2.75) is 20.3 Å². The Bertz CT molecular complexity index is 206. The highest BCUT2D eigenvalue weighted by Gasteiger charge is 1.95. The van der Waals surface area contributed by atoms with Gasteiger partial charge < -0.3 is 0 Å². The van der Waals surface area contributed by atoms with E-state index in [1.807, 2.05) is 13.8 Å². The predicted molar refractivity (Wildman–Crippen MR) is 41.7 cm³/mol. The van der Waals surface area contributed by atoms with Crippen molar-refractivity contribution in [2.24, 2.45) is 11.1 Å². The van der Waals surface area contributed by atoms with Crippen LogP contribution in [-0.2, 0) is 10.0 Å². The maximum absolute atomic E-state index is 10.3. The molecule has 1 atom stereocenters. The van der Waals surface area contributed by atoms with E-state index in [-0.39, 0.29) is 5.92 Å². The second kappa shape index (κ2) is 3.73. The molecule has 60 valence electrons. The standard InChI is InChI=1S/C6H13NO2S/c1-3-6(2)4-5-10(7,8)9/h4-6H,3H2,1-2H3,(H2,7,8,9). The highest BCUT2D eigenvalue weighted by Crippen LogP contribution is 2.01. The highest BCUT2D eigenvalue weighted by molar-refractivity contribution is 7.92. The number of sulfonamides is 1. The van der Waals surface area contributed by atoms with Crippen molar-refractivity contribution in [3.63, 3.8) is 0 Å². The van der Waals surface area contributed by atoms with Gasteiger partial charge in [-0.15, -0.1) is 0 Å². The molecule has 0 aromatic heterocycles. The van der Waals surface area contributed by atoms with Crippen molar-refractivity contribution >= 4 is 10.0 Å². The van der Waals surface area contributed by atoms with Gasteiger partial charge in [-0.25, -0.2) is 13.6 Å². The summed E-state index contributed by atoms with van der Waals surface area (Å²) in [5, 5.41) is 5.77. The number of rotatable bonds is 3. The lowest BCUT2D eigenvalue weighted by molar-refractivity contribution is 0.605. The van der Waals surface area contributed by atoms with Gasteiger partial charge in [0.2, 0.25) is 10.0 Å². The van der Waals surface area contributed by atoms with Crippen molar-refractivity contribution in [3.8, 4) is 0 Å². The number of primary sulfonamides is 1. The quantitative estimate of drug-likeness (QED) is 0.670. The average molecular weight is 163 g/mol. The summed E-state index contributed by atoms with van der Waals surface area (Å²) >= 11 is 0. The average Bonchev–Trinajstić information content (AvgIpc) is 1.81. The Balaban J connectivity index is 4.01. The summed E-state index contributed by atoms with van der Waals surface area (Å²) in [6.07, 6.45) is 2.52. The van der Waals surface area contributed by atoms with Gasteiger partial charge in [0.25, 0.3) is 0 Å². The third-order valence-electron chi connectivity index (χ3n) is 1.24. The van der Waals surface area contributed by atoms with E-state index in [1.165, 1.54) is 0 Å². The van der Waals surface area contributed by atoms with Crippen molar-refractivity contribution in [1.29, 1.82) is 0 Å². The van der Waals surface area contributed by atoms with Gasteiger partial charge in [0.1, 0.15) is 0 Å². The second-order valence-corrected chi connectivity index (χ2v) is 3.75. The largest absolute Gasteiger partial charge is 0.230 e. The number of allylic oxidation sites excluding steroid dienone is 1. The number of hydrogen-bond donors (Lipinski definition) is 1. The summed E-state index contributed by atoms with van der Waals surface area (Å²) in [5.74, 6) is 0.276. The molecule has 1 unspecified atom stereocenters. The molecule has 0 radical (unpaired) electrons. The fourth-order valence-electron chi connectivity index (χ4n) is 0.380. The molecule has 0 bridgehead atoms. The molecular weight excluding hydrogens is 150 g/mol. The van der Waals surface area contributed by atoms with Gasteiger partial charge >= 0.3 is 0 Å². The van der Waals surface area contributed by atoms with Gasteiger partial charge in [-0.1, -0.05) is 26.3 Å². The molecule has 2 N–H and O–H groups in total. The Kier molecular flexibility index (Phi) is 3.60.